The van der Waals surface area contributed by atoms with Crippen molar-refractivity contribution in [2.45, 2.75) is 49.4 Å². The topological polar surface area (TPSA) is 92.1 Å². The molecular weight excluding hydrogens is 514 g/mol. The molecule has 188 valence electrons. The molecule has 10 heteroatoms. The van der Waals surface area contributed by atoms with Gasteiger partial charge in [0.25, 0.3) is 0 Å². The smallest absolute Gasteiger partial charge is 0.319 e. The van der Waals surface area contributed by atoms with Gasteiger partial charge in [-0.15, -0.1) is 23.7 Å². The Morgan fingerprint density at radius 1 is 1.00 bits per heavy atom. The summed E-state index contributed by atoms with van der Waals surface area (Å²) in [6.07, 6.45) is 6.46. The van der Waals surface area contributed by atoms with Gasteiger partial charge in [0, 0.05) is 36.1 Å². The second-order valence-corrected chi connectivity index (χ2v) is 11.3. The Labute approximate surface area is 225 Å². The van der Waals surface area contributed by atoms with Gasteiger partial charge in [-0.2, -0.15) is 0 Å². The number of carboxylic acids is 1. The highest BCUT2D eigenvalue weighted by atomic mass is 35.5. The number of hydrogen-bond donors (Lipinski definition) is 1. The number of thiazole rings is 1. The van der Waals surface area contributed by atoms with E-state index in [2.05, 4.69) is 37.8 Å². The first-order chi connectivity index (χ1) is 16.8. The molecule has 0 aliphatic carbocycles. The fourth-order valence-corrected chi connectivity index (χ4v) is 5.46. The molecule has 3 aromatic heterocycles. The molecule has 1 aromatic carbocycles. The van der Waals surface area contributed by atoms with Gasteiger partial charge in [0.2, 0.25) is 5.95 Å². The number of pyridine rings is 1. The first-order valence-corrected chi connectivity index (χ1v) is 13.0. The van der Waals surface area contributed by atoms with E-state index in [-0.39, 0.29) is 12.4 Å². The van der Waals surface area contributed by atoms with E-state index in [0.717, 1.165) is 38.8 Å². The zero-order valence-electron chi connectivity index (χ0n) is 20.3. The van der Waals surface area contributed by atoms with Crippen molar-refractivity contribution < 1.29 is 9.90 Å². The Morgan fingerprint density at radius 3 is 2.31 bits per heavy atom. The number of anilines is 1. The van der Waals surface area contributed by atoms with Crippen molar-refractivity contribution >= 4 is 47.4 Å². The summed E-state index contributed by atoms with van der Waals surface area (Å²) in [7, 11) is 0. The zero-order valence-corrected chi connectivity index (χ0v) is 22.7. The predicted octanol–water partition coefficient (Wildman–Crippen LogP) is 6.14. The molecule has 0 atom stereocenters. The van der Waals surface area contributed by atoms with Gasteiger partial charge in [-0.25, -0.2) is 15.0 Å². The SMILES string of the molecule is CCc1cnc(N(Cc2ccc(-c3ccccc3)nc2)Cc2csc(SC(C)(C)C(=O)O)n2)nc1.Cl. The van der Waals surface area contributed by atoms with E-state index in [0.29, 0.717) is 19.0 Å². The van der Waals surface area contributed by atoms with Crippen LogP contribution in [-0.4, -0.2) is 35.8 Å². The van der Waals surface area contributed by atoms with E-state index in [9.17, 15) is 9.90 Å². The standard InChI is InChI=1S/C26H27N5O2S2.ClH/c1-4-18-12-28-24(29-13-18)31(16-21-17-34-25(30-21)35-26(2,3)23(32)33)15-19-10-11-22(27-14-19)20-8-6-5-7-9-20;/h5-14,17H,4,15-16H2,1-3H3,(H,32,33);1H. The molecule has 0 amide bonds. The van der Waals surface area contributed by atoms with Gasteiger partial charge in [-0.1, -0.05) is 55.1 Å². The minimum Gasteiger partial charge on any atom is -0.480 e. The van der Waals surface area contributed by atoms with Crippen molar-refractivity contribution in [2.24, 2.45) is 0 Å². The summed E-state index contributed by atoms with van der Waals surface area (Å²) in [4.78, 5) is 32.0. The van der Waals surface area contributed by atoms with Gasteiger partial charge in [-0.3, -0.25) is 9.78 Å². The van der Waals surface area contributed by atoms with Crippen LogP contribution in [0.3, 0.4) is 0 Å². The number of nitrogens with zero attached hydrogens (tertiary/aromatic N) is 5. The summed E-state index contributed by atoms with van der Waals surface area (Å²) in [5, 5.41) is 11.4. The molecule has 7 nitrogen and oxygen atoms in total. The van der Waals surface area contributed by atoms with Crippen LogP contribution in [0.25, 0.3) is 11.3 Å². The first-order valence-electron chi connectivity index (χ1n) is 11.3. The summed E-state index contributed by atoms with van der Waals surface area (Å²) < 4.78 is -0.219. The summed E-state index contributed by atoms with van der Waals surface area (Å²) in [6, 6.07) is 14.2. The summed E-state index contributed by atoms with van der Waals surface area (Å²) >= 11 is 2.71. The van der Waals surface area contributed by atoms with Crippen LogP contribution in [0.2, 0.25) is 0 Å². The molecule has 4 aromatic rings. The number of hydrogen-bond acceptors (Lipinski definition) is 8. The molecular formula is C26H28ClN5O2S2. The molecule has 0 aliphatic heterocycles. The van der Waals surface area contributed by atoms with Crippen molar-refractivity contribution in [3.63, 3.8) is 0 Å². The second-order valence-electron chi connectivity index (χ2n) is 8.54. The van der Waals surface area contributed by atoms with Crippen LogP contribution in [0.4, 0.5) is 5.95 Å². The van der Waals surface area contributed by atoms with E-state index in [1.807, 2.05) is 60.4 Å². The largest absolute Gasteiger partial charge is 0.480 e. The van der Waals surface area contributed by atoms with Crippen LogP contribution in [0, 0.1) is 0 Å². The number of rotatable bonds is 10. The van der Waals surface area contributed by atoms with Crippen molar-refractivity contribution in [3.05, 3.63) is 83.3 Å². The highest BCUT2D eigenvalue weighted by Gasteiger charge is 2.30. The van der Waals surface area contributed by atoms with Crippen LogP contribution in [0.5, 0.6) is 0 Å². The van der Waals surface area contributed by atoms with E-state index in [1.54, 1.807) is 13.8 Å². The first kappa shape index (κ1) is 27.6. The van der Waals surface area contributed by atoms with Crippen LogP contribution in [-0.2, 0) is 24.3 Å². The molecule has 4 rings (SSSR count). The third kappa shape index (κ3) is 7.02. The highest BCUT2D eigenvalue weighted by molar-refractivity contribution is 8.03. The number of halogens is 1. The number of aliphatic carboxylic acids is 1. The van der Waals surface area contributed by atoms with Crippen molar-refractivity contribution in [1.29, 1.82) is 0 Å². The molecule has 0 saturated carbocycles. The third-order valence-electron chi connectivity index (χ3n) is 5.39. The quantitative estimate of drug-likeness (QED) is 0.239. The monoisotopic (exact) mass is 541 g/mol. The lowest BCUT2D eigenvalue weighted by molar-refractivity contribution is -0.138. The van der Waals surface area contributed by atoms with Gasteiger partial charge in [0.1, 0.15) is 4.75 Å². The molecule has 3 heterocycles. The Kier molecular flexibility index (Phi) is 9.42. The minimum atomic E-state index is -0.944. The molecule has 0 aliphatic rings. The summed E-state index contributed by atoms with van der Waals surface area (Å²) in [5.41, 5.74) is 4.95. The molecule has 0 fully saturated rings. The summed E-state index contributed by atoms with van der Waals surface area (Å²) in [6.45, 7) is 6.50. The Bertz CT molecular complexity index is 1270. The van der Waals surface area contributed by atoms with E-state index in [1.165, 1.54) is 23.1 Å². The van der Waals surface area contributed by atoms with E-state index >= 15 is 0 Å². The Hall–Kier alpha value is -3.01. The van der Waals surface area contributed by atoms with Crippen molar-refractivity contribution in [2.75, 3.05) is 4.90 Å². The highest BCUT2D eigenvalue weighted by Crippen LogP contribution is 2.35. The number of benzene rings is 1. The van der Waals surface area contributed by atoms with Crippen molar-refractivity contribution in [3.8, 4) is 11.3 Å². The number of carbonyl (C=O) groups is 1. The van der Waals surface area contributed by atoms with Gasteiger partial charge >= 0.3 is 5.97 Å². The lowest BCUT2D eigenvalue weighted by Gasteiger charge is -2.22. The van der Waals surface area contributed by atoms with Crippen LogP contribution in [0.15, 0.2) is 70.8 Å². The van der Waals surface area contributed by atoms with Crippen LogP contribution < -0.4 is 4.90 Å². The fraction of sp³-hybridized carbons (Fsp3) is 0.269. The number of carboxylic acid groups (broad SMARTS) is 1. The Balaban J connectivity index is 0.00000361. The number of aryl methyl sites for hydroxylation is 1. The second kappa shape index (κ2) is 12.3. The van der Waals surface area contributed by atoms with Gasteiger partial charge in [0.15, 0.2) is 4.34 Å². The number of thioether (sulfide) groups is 1. The molecule has 1 N–H and O–H groups in total. The lowest BCUT2D eigenvalue weighted by atomic mass is 10.1. The van der Waals surface area contributed by atoms with E-state index in [4.69, 9.17) is 0 Å². The maximum absolute atomic E-state index is 11.5. The normalized spacial score (nSPS) is 11.1. The molecule has 0 spiro atoms. The zero-order chi connectivity index (χ0) is 24.8. The fourth-order valence-electron chi connectivity index (χ4n) is 3.27. The maximum Gasteiger partial charge on any atom is 0.319 e. The summed E-state index contributed by atoms with van der Waals surface area (Å²) in [5.74, 6) is -0.251. The maximum atomic E-state index is 11.5. The lowest BCUT2D eigenvalue weighted by Crippen LogP contribution is -2.27. The van der Waals surface area contributed by atoms with Crippen LogP contribution in [0.1, 0.15) is 37.6 Å². The molecule has 0 radical (unpaired) electrons. The predicted molar refractivity (Wildman–Crippen MR) is 148 cm³/mol. The average molecular weight is 542 g/mol. The number of aromatic nitrogens is 4. The average Bonchev–Trinajstić information content (AvgIpc) is 3.30. The van der Waals surface area contributed by atoms with Crippen LogP contribution >= 0.6 is 35.5 Å². The van der Waals surface area contributed by atoms with Gasteiger partial charge in [0.05, 0.1) is 17.9 Å². The van der Waals surface area contributed by atoms with Crippen molar-refractivity contribution in [1.82, 2.24) is 19.9 Å². The van der Waals surface area contributed by atoms with E-state index < -0.39 is 10.7 Å². The minimum absolute atomic E-state index is 0. The Morgan fingerprint density at radius 2 is 1.69 bits per heavy atom. The van der Waals surface area contributed by atoms with Gasteiger partial charge in [-0.05, 0) is 37.5 Å². The molecule has 0 unspecified atom stereocenters. The third-order valence-corrected chi connectivity index (χ3v) is 7.56. The van der Waals surface area contributed by atoms with Gasteiger partial charge < -0.3 is 10.0 Å². The molecule has 36 heavy (non-hydrogen) atoms. The molecule has 0 saturated heterocycles. The molecule has 0 bridgehead atoms.